The Hall–Kier alpha value is -1.67. The molecule has 2 heteroatoms. The number of halogens is 1. The lowest BCUT2D eigenvalue weighted by atomic mass is 9.98. The average molecular weight is 241 g/mol. The molecule has 0 saturated heterocycles. The Morgan fingerprint density at radius 3 is 2.56 bits per heavy atom. The number of nitrogens with zero attached hydrogens (tertiary/aromatic N) is 1. The quantitative estimate of drug-likeness (QED) is 0.736. The van der Waals surface area contributed by atoms with Gasteiger partial charge in [0.2, 0.25) is 0 Å². The van der Waals surface area contributed by atoms with E-state index in [-0.39, 0.29) is 5.82 Å². The van der Waals surface area contributed by atoms with Gasteiger partial charge in [-0.05, 0) is 54.1 Å². The summed E-state index contributed by atoms with van der Waals surface area (Å²) in [5.41, 5.74) is 2.61. The van der Waals surface area contributed by atoms with Crippen LogP contribution < -0.4 is 0 Å². The highest BCUT2D eigenvalue weighted by molar-refractivity contribution is 5.87. The maximum absolute atomic E-state index is 13.1. The van der Waals surface area contributed by atoms with Crippen molar-refractivity contribution < 1.29 is 4.39 Å². The first-order valence-electron chi connectivity index (χ1n) is 6.25. The second-order valence-corrected chi connectivity index (χ2v) is 4.98. The lowest BCUT2D eigenvalue weighted by molar-refractivity contribution is 0.357. The fraction of sp³-hybridized carbons (Fsp3) is 0.250. The predicted molar refractivity (Wildman–Crippen MR) is 74.0 cm³/mol. The van der Waals surface area contributed by atoms with Crippen molar-refractivity contribution in [2.75, 3.05) is 13.6 Å². The number of likely N-dealkylation sites (N-methyl/N-ethyl adjacent to an activating group) is 1. The first-order valence-corrected chi connectivity index (χ1v) is 6.25. The molecule has 3 rings (SSSR count). The maximum atomic E-state index is 13.1. The van der Waals surface area contributed by atoms with Gasteiger partial charge >= 0.3 is 0 Å². The highest BCUT2D eigenvalue weighted by atomic mass is 19.1. The molecule has 0 saturated carbocycles. The monoisotopic (exact) mass is 241 g/mol. The third kappa shape index (κ3) is 1.83. The topological polar surface area (TPSA) is 3.24 Å². The summed E-state index contributed by atoms with van der Waals surface area (Å²) in [4.78, 5) is 2.31. The smallest absolute Gasteiger partial charge is 0.123 e. The molecular weight excluding hydrogens is 225 g/mol. The van der Waals surface area contributed by atoms with Crippen LogP contribution in [0.15, 0.2) is 42.5 Å². The van der Waals surface area contributed by atoms with E-state index in [0.717, 1.165) is 17.3 Å². The summed E-state index contributed by atoms with van der Waals surface area (Å²) in [6, 6.07) is 11.6. The number of fused-ring (bicyclic) bond motifs is 1. The number of benzene rings is 2. The highest BCUT2D eigenvalue weighted by Crippen LogP contribution is 2.29. The van der Waals surface area contributed by atoms with E-state index in [4.69, 9.17) is 0 Å². The third-order valence-electron chi connectivity index (χ3n) is 3.85. The molecule has 0 bridgehead atoms. The van der Waals surface area contributed by atoms with Gasteiger partial charge in [-0.15, -0.1) is 0 Å². The Labute approximate surface area is 107 Å². The van der Waals surface area contributed by atoms with Gasteiger partial charge in [-0.3, -0.25) is 4.90 Å². The molecule has 1 nitrogen and oxygen atoms in total. The molecule has 0 aromatic heterocycles. The molecule has 0 aliphatic carbocycles. The van der Waals surface area contributed by atoms with Gasteiger partial charge < -0.3 is 0 Å². The van der Waals surface area contributed by atoms with Gasteiger partial charge in [0, 0.05) is 12.6 Å². The Morgan fingerprint density at radius 1 is 1.11 bits per heavy atom. The van der Waals surface area contributed by atoms with Gasteiger partial charge in [-0.2, -0.15) is 0 Å². The van der Waals surface area contributed by atoms with E-state index in [2.05, 4.69) is 37.1 Å². The van der Waals surface area contributed by atoms with Gasteiger partial charge in [0.15, 0.2) is 0 Å². The summed E-state index contributed by atoms with van der Waals surface area (Å²) in [6.07, 6.45) is 2.27. The van der Waals surface area contributed by atoms with Crippen LogP contribution in [0.2, 0.25) is 0 Å². The molecule has 0 radical (unpaired) electrons. The first kappa shape index (κ1) is 11.4. The summed E-state index contributed by atoms with van der Waals surface area (Å²) in [5, 5.41) is 2.05. The zero-order valence-corrected chi connectivity index (χ0v) is 10.7. The van der Waals surface area contributed by atoms with E-state index in [1.165, 1.54) is 17.2 Å². The summed E-state index contributed by atoms with van der Waals surface area (Å²) in [5.74, 6) is -0.177. The first-order chi connectivity index (χ1) is 8.65. The lowest BCUT2D eigenvalue weighted by Gasteiger charge is -2.18. The van der Waals surface area contributed by atoms with Crippen LogP contribution in [0.25, 0.3) is 16.3 Å². The second-order valence-electron chi connectivity index (χ2n) is 4.98. The van der Waals surface area contributed by atoms with Gasteiger partial charge in [0.25, 0.3) is 0 Å². The van der Waals surface area contributed by atoms with Crippen molar-refractivity contribution >= 4 is 16.3 Å². The van der Waals surface area contributed by atoms with E-state index in [0.29, 0.717) is 6.04 Å². The summed E-state index contributed by atoms with van der Waals surface area (Å²) >= 11 is 0. The number of rotatable bonds is 1. The standard InChI is InChI=1S/C16H16FN/c1-11-16(7-8-18(11)2)14-4-3-13-10-15(17)6-5-12(13)9-14/h3-7,9-11H,8H2,1-2H3/t11-/m1/s1. The van der Waals surface area contributed by atoms with Crippen molar-refractivity contribution in [2.45, 2.75) is 13.0 Å². The van der Waals surface area contributed by atoms with E-state index in [1.54, 1.807) is 6.07 Å². The van der Waals surface area contributed by atoms with Crippen molar-refractivity contribution in [2.24, 2.45) is 0 Å². The fourth-order valence-corrected chi connectivity index (χ4v) is 2.56. The molecule has 0 amide bonds. The van der Waals surface area contributed by atoms with Crippen LogP contribution in [0.4, 0.5) is 4.39 Å². The van der Waals surface area contributed by atoms with Crippen LogP contribution in [0, 0.1) is 5.82 Å². The van der Waals surface area contributed by atoms with Gasteiger partial charge in [0.05, 0.1) is 0 Å². The van der Waals surface area contributed by atoms with Crippen LogP contribution in [0.5, 0.6) is 0 Å². The fourth-order valence-electron chi connectivity index (χ4n) is 2.56. The summed E-state index contributed by atoms with van der Waals surface area (Å²) < 4.78 is 13.1. The van der Waals surface area contributed by atoms with Crippen LogP contribution >= 0.6 is 0 Å². The van der Waals surface area contributed by atoms with Gasteiger partial charge in [-0.25, -0.2) is 4.39 Å². The molecule has 0 fully saturated rings. The van der Waals surface area contributed by atoms with Gasteiger partial charge in [0.1, 0.15) is 5.82 Å². The minimum absolute atomic E-state index is 0.177. The molecule has 2 aromatic rings. The van der Waals surface area contributed by atoms with Crippen LogP contribution in [-0.4, -0.2) is 24.5 Å². The molecule has 1 aliphatic rings. The zero-order valence-electron chi connectivity index (χ0n) is 10.7. The minimum Gasteiger partial charge on any atom is -0.296 e. The van der Waals surface area contributed by atoms with E-state index in [9.17, 15) is 4.39 Å². The maximum Gasteiger partial charge on any atom is 0.123 e. The molecule has 0 spiro atoms. The molecule has 1 heterocycles. The second kappa shape index (κ2) is 4.21. The minimum atomic E-state index is -0.177. The van der Waals surface area contributed by atoms with Crippen LogP contribution in [0.3, 0.4) is 0 Å². The Kier molecular flexibility index (Phi) is 2.67. The van der Waals surface area contributed by atoms with Crippen molar-refractivity contribution in [3.63, 3.8) is 0 Å². The molecule has 0 unspecified atom stereocenters. The van der Waals surface area contributed by atoms with E-state index < -0.39 is 0 Å². The molecule has 1 atom stereocenters. The molecule has 0 N–H and O–H groups in total. The van der Waals surface area contributed by atoms with Crippen LogP contribution in [0.1, 0.15) is 12.5 Å². The summed E-state index contributed by atoms with van der Waals surface area (Å²) in [7, 11) is 2.13. The molecule has 18 heavy (non-hydrogen) atoms. The Bertz CT molecular complexity index is 630. The van der Waals surface area contributed by atoms with E-state index >= 15 is 0 Å². The van der Waals surface area contributed by atoms with E-state index in [1.807, 2.05) is 12.1 Å². The Morgan fingerprint density at radius 2 is 1.83 bits per heavy atom. The lowest BCUT2D eigenvalue weighted by Crippen LogP contribution is -2.24. The normalized spacial score (nSPS) is 20.4. The van der Waals surface area contributed by atoms with Crippen molar-refractivity contribution in [1.82, 2.24) is 4.90 Å². The molecule has 1 aliphatic heterocycles. The van der Waals surface area contributed by atoms with Gasteiger partial charge in [-0.1, -0.05) is 24.3 Å². The van der Waals surface area contributed by atoms with Crippen molar-refractivity contribution in [3.8, 4) is 0 Å². The molecule has 2 aromatic carbocycles. The third-order valence-corrected chi connectivity index (χ3v) is 3.85. The van der Waals surface area contributed by atoms with Crippen molar-refractivity contribution in [1.29, 1.82) is 0 Å². The molecular formula is C16H16FN. The number of hydrogen-bond donors (Lipinski definition) is 0. The largest absolute Gasteiger partial charge is 0.296 e. The number of hydrogen-bond acceptors (Lipinski definition) is 1. The SMILES string of the molecule is C[C@@H]1C(c2ccc3cc(F)ccc3c2)=CCN1C. The average Bonchev–Trinajstić information content (AvgIpc) is 2.69. The predicted octanol–water partition coefficient (Wildman–Crippen LogP) is 3.70. The highest BCUT2D eigenvalue weighted by Gasteiger charge is 2.20. The van der Waals surface area contributed by atoms with Crippen molar-refractivity contribution in [3.05, 3.63) is 53.9 Å². The van der Waals surface area contributed by atoms with Crippen LogP contribution in [-0.2, 0) is 0 Å². The zero-order chi connectivity index (χ0) is 12.7. The Balaban J connectivity index is 2.07. The summed E-state index contributed by atoms with van der Waals surface area (Å²) in [6.45, 7) is 3.21. The molecule has 92 valence electrons.